The van der Waals surface area contributed by atoms with Crippen LogP contribution in [-0.4, -0.2) is 26.9 Å². The van der Waals surface area contributed by atoms with Gasteiger partial charge in [-0.15, -0.1) is 11.3 Å². The highest BCUT2D eigenvalue weighted by atomic mass is 32.1. The average Bonchev–Trinajstić information content (AvgIpc) is 3.21. The third kappa shape index (κ3) is 4.42. The van der Waals surface area contributed by atoms with E-state index in [9.17, 15) is 4.79 Å². The van der Waals surface area contributed by atoms with Gasteiger partial charge in [-0.3, -0.25) is 14.7 Å². The summed E-state index contributed by atoms with van der Waals surface area (Å²) in [5, 5.41) is 2.10. The number of nitrogens with zero attached hydrogens (tertiary/aromatic N) is 3. The van der Waals surface area contributed by atoms with Gasteiger partial charge in [0.05, 0.1) is 5.69 Å². The molecule has 0 unspecified atom stereocenters. The number of pyridine rings is 1. The zero-order valence-corrected chi connectivity index (χ0v) is 16.3. The molecule has 0 amide bonds. The Kier molecular flexibility index (Phi) is 5.41. The Morgan fingerprint density at radius 3 is 2.50 bits per heavy atom. The van der Waals surface area contributed by atoms with Gasteiger partial charge in [-0.2, -0.15) is 0 Å². The van der Waals surface area contributed by atoms with Crippen LogP contribution in [0.2, 0.25) is 0 Å². The summed E-state index contributed by atoms with van der Waals surface area (Å²) in [5.41, 5.74) is 3.44. The molecule has 6 heteroatoms. The molecule has 0 saturated carbocycles. The molecule has 0 radical (unpaired) electrons. The van der Waals surface area contributed by atoms with E-state index in [2.05, 4.69) is 56.5 Å². The molecule has 0 spiro atoms. The van der Waals surface area contributed by atoms with E-state index in [1.807, 2.05) is 24.3 Å². The number of benzene rings is 1. The fourth-order valence-electron chi connectivity index (χ4n) is 3.07. The molecule has 0 aliphatic carbocycles. The first-order chi connectivity index (χ1) is 13.7. The SMILES string of the molecule is CN(Cc1ccc(-c2nc(-c3ccncc3)cc(=O)[nH]2)cc1)Cc1cccs1. The van der Waals surface area contributed by atoms with Crippen molar-refractivity contribution in [3.63, 3.8) is 0 Å². The second-order valence-electron chi connectivity index (χ2n) is 6.66. The molecular weight excluding hydrogens is 368 g/mol. The van der Waals surface area contributed by atoms with Gasteiger partial charge in [-0.25, -0.2) is 4.98 Å². The van der Waals surface area contributed by atoms with Crippen LogP contribution in [-0.2, 0) is 13.1 Å². The van der Waals surface area contributed by atoms with E-state index in [1.165, 1.54) is 16.5 Å². The molecule has 0 aliphatic heterocycles. The van der Waals surface area contributed by atoms with Crippen LogP contribution in [0, 0.1) is 0 Å². The van der Waals surface area contributed by atoms with Crippen LogP contribution in [0.1, 0.15) is 10.4 Å². The summed E-state index contributed by atoms with van der Waals surface area (Å²) >= 11 is 1.77. The van der Waals surface area contributed by atoms with Gasteiger partial charge in [-0.05, 0) is 36.2 Å². The minimum absolute atomic E-state index is 0.170. The normalized spacial score (nSPS) is 11.1. The first kappa shape index (κ1) is 18.3. The maximum Gasteiger partial charge on any atom is 0.251 e. The Bertz CT molecular complexity index is 1090. The van der Waals surface area contributed by atoms with Crippen LogP contribution >= 0.6 is 11.3 Å². The Labute approximate surface area is 167 Å². The molecule has 140 valence electrons. The molecular formula is C22H20N4OS. The predicted octanol–water partition coefficient (Wildman–Crippen LogP) is 4.19. The fourth-order valence-corrected chi connectivity index (χ4v) is 3.85. The Balaban J connectivity index is 1.52. The summed E-state index contributed by atoms with van der Waals surface area (Å²) in [7, 11) is 2.12. The van der Waals surface area contributed by atoms with Crippen molar-refractivity contribution in [1.29, 1.82) is 0 Å². The standard InChI is InChI=1S/C22H20N4OS/c1-26(15-19-3-2-12-28-19)14-16-4-6-18(7-5-16)22-24-20(13-21(27)25-22)17-8-10-23-11-9-17/h2-13H,14-15H2,1H3,(H,24,25,27). The lowest BCUT2D eigenvalue weighted by atomic mass is 10.1. The summed E-state index contributed by atoms with van der Waals surface area (Å²) in [6.07, 6.45) is 3.39. The van der Waals surface area contributed by atoms with Crippen LogP contribution in [0.5, 0.6) is 0 Å². The van der Waals surface area contributed by atoms with Crippen molar-refractivity contribution < 1.29 is 0 Å². The van der Waals surface area contributed by atoms with Gasteiger partial charge in [0.2, 0.25) is 0 Å². The van der Waals surface area contributed by atoms with Gasteiger partial charge in [0, 0.05) is 47.6 Å². The van der Waals surface area contributed by atoms with Crippen molar-refractivity contribution in [1.82, 2.24) is 19.9 Å². The quantitative estimate of drug-likeness (QED) is 0.538. The first-order valence-corrected chi connectivity index (χ1v) is 9.87. The smallest absolute Gasteiger partial charge is 0.251 e. The number of hydrogen-bond acceptors (Lipinski definition) is 5. The van der Waals surface area contributed by atoms with E-state index >= 15 is 0 Å². The highest BCUT2D eigenvalue weighted by Gasteiger charge is 2.07. The van der Waals surface area contributed by atoms with Gasteiger partial charge in [0.25, 0.3) is 5.56 Å². The summed E-state index contributed by atoms with van der Waals surface area (Å²) in [6.45, 7) is 1.79. The molecule has 4 rings (SSSR count). The van der Waals surface area contributed by atoms with Crippen LogP contribution < -0.4 is 5.56 Å². The number of aromatic amines is 1. The second kappa shape index (κ2) is 8.29. The van der Waals surface area contributed by atoms with Crippen molar-refractivity contribution in [3.8, 4) is 22.6 Å². The van der Waals surface area contributed by atoms with Crippen molar-refractivity contribution in [3.05, 3.63) is 93.2 Å². The number of H-pyrrole nitrogens is 1. The van der Waals surface area contributed by atoms with Crippen molar-refractivity contribution in [2.24, 2.45) is 0 Å². The predicted molar refractivity (Wildman–Crippen MR) is 113 cm³/mol. The van der Waals surface area contributed by atoms with Gasteiger partial charge in [0.15, 0.2) is 0 Å². The molecule has 0 aliphatic rings. The highest BCUT2D eigenvalue weighted by molar-refractivity contribution is 7.09. The van der Waals surface area contributed by atoms with Crippen molar-refractivity contribution in [2.45, 2.75) is 13.1 Å². The van der Waals surface area contributed by atoms with Crippen LogP contribution in [0.4, 0.5) is 0 Å². The summed E-state index contributed by atoms with van der Waals surface area (Å²) in [6, 6.07) is 17.6. The van der Waals surface area contributed by atoms with E-state index in [1.54, 1.807) is 23.7 Å². The second-order valence-corrected chi connectivity index (χ2v) is 7.70. The maximum absolute atomic E-state index is 12.1. The summed E-state index contributed by atoms with van der Waals surface area (Å²) < 4.78 is 0. The summed E-state index contributed by atoms with van der Waals surface area (Å²) in [5.74, 6) is 0.567. The molecule has 1 N–H and O–H groups in total. The molecule has 4 aromatic rings. The van der Waals surface area contributed by atoms with E-state index in [4.69, 9.17) is 0 Å². The molecule has 0 saturated heterocycles. The lowest BCUT2D eigenvalue weighted by molar-refractivity contribution is 0.322. The zero-order chi connectivity index (χ0) is 19.3. The number of rotatable bonds is 6. The number of hydrogen-bond donors (Lipinski definition) is 1. The average molecular weight is 388 g/mol. The third-order valence-corrected chi connectivity index (χ3v) is 5.26. The molecule has 0 fully saturated rings. The molecule has 3 aromatic heterocycles. The number of nitrogens with one attached hydrogen (secondary N) is 1. The van der Waals surface area contributed by atoms with Crippen molar-refractivity contribution >= 4 is 11.3 Å². The molecule has 28 heavy (non-hydrogen) atoms. The molecule has 3 heterocycles. The largest absolute Gasteiger partial charge is 0.306 e. The first-order valence-electron chi connectivity index (χ1n) is 8.99. The maximum atomic E-state index is 12.1. The summed E-state index contributed by atoms with van der Waals surface area (Å²) in [4.78, 5) is 27.2. The van der Waals surface area contributed by atoms with E-state index in [0.29, 0.717) is 11.5 Å². The third-order valence-electron chi connectivity index (χ3n) is 4.40. The minimum Gasteiger partial charge on any atom is -0.306 e. The number of thiophene rings is 1. The molecule has 1 aromatic carbocycles. The monoisotopic (exact) mass is 388 g/mol. The van der Waals surface area contributed by atoms with E-state index < -0.39 is 0 Å². The Hall–Kier alpha value is -3.09. The van der Waals surface area contributed by atoms with Gasteiger partial charge in [0.1, 0.15) is 5.82 Å². The Morgan fingerprint density at radius 1 is 1.00 bits per heavy atom. The fraction of sp³-hybridized carbons (Fsp3) is 0.136. The van der Waals surface area contributed by atoms with Gasteiger partial charge >= 0.3 is 0 Å². The van der Waals surface area contributed by atoms with E-state index in [0.717, 1.165) is 24.2 Å². The molecule has 0 bridgehead atoms. The lowest BCUT2D eigenvalue weighted by Crippen LogP contribution is -2.16. The topological polar surface area (TPSA) is 61.9 Å². The van der Waals surface area contributed by atoms with Crippen LogP contribution in [0.25, 0.3) is 22.6 Å². The lowest BCUT2D eigenvalue weighted by Gasteiger charge is -2.16. The van der Waals surface area contributed by atoms with Crippen LogP contribution in [0.3, 0.4) is 0 Å². The highest BCUT2D eigenvalue weighted by Crippen LogP contribution is 2.20. The van der Waals surface area contributed by atoms with E-state index in [-0.39, 0.29) is 5.56 Å². The molecule has 5 nitrogen and oxygen atoms in total. The van der Waals surface area contributed by atoms with Crippen molar-refractivity contribution in [2.75, 3.05) is 7.05 Å². The minimum atomic E-state index is -0.170. The van der Waals surface area contributed by atoms with Gasteiger partial charge in [-0.1, -0.05) is 30.3 Å². The number of aromatic nitrogens is 3. The zero-order valence-electron chi connectivity index (χ0n) is 15.5. The van der Waals surface area contributed by atoms with Crippen LogP contribution in [0.15, 0.2) is 77.2 Å². The molecule has 0 atom stereocenters. The Morgan fingerprint density at radius 2 is 1.79 bits per heavy atom. The van der Waals surface area contributed by atoms with Gasteiger partial charge < -0.3 is 4.98 Å².